The van der Waals surface area contributed by atoms with Gasteiger partial charge in [0.2, 0.25) is 0 Å². The highest BCUT2D eigenvalue weighted by Crippen LogP contribution is 2.22. The largest absolute Gasteiger partial charge is 0.461 e. The highest BCUT2D eigenvalue weighted by molar-refractivity contribution is 7.81. The van der Waals surface area contributed by atoms with Crippen molar-refractivity contribution < 1.29 is 9.53 Å². The third-order valence-electron chi connectivity index (χ3n) is 5.76. The van der Waals surface area contributed by atoms with E-state index in [2.05, 4.69) is 19.1 Å². The smallest absolute Gasteiger partial charge is 0.311 e. The number of unbranched alkanes of at least 4 members (excludes halogenated alkanes) is 11. The number of carbonyl (C=O) groups is 1. The molecule has 0 radical (unpaired) electrons. The number of aryl methyl sites for hydroxylation is 1. The molecule has 2 aromatic rings. The van der Waals surface area contributed by atoms with Crippen molar-refractivity contribution in [3.05, 3.63) is 57.8 Å². The second-order valence-corrected chi connectivity index (χ2v) is 10.3. The highest BCUT2D eigenvalue weighted by atomic mass is 32.1. The molecule has 1 aromatic carbocycles. The number of hydrogen-bond donors (Lipinski definition) is 0. The monoisotopic (exact) mass is 472 g/mol. The quantitative estimate of drug-likeness (QED) is 0.0938. The van der Waals surface area contributed by atoms with Gasteiger partial charge in [-0.2, -0.15) is 0 Å². The molecule has 0 atom stereocenters. The first-order valence-electron chi connectivity index (χ1n) is 12.5. The minimum atomic E-state index is -0.255. The third kappa shape index (κ3) is 11.9. The molecule has 1 heterocycles. The first kappa shape index (κ1) is 26.7. The van der Waals surface area contributed by atoms with E-state index in [-0.39, 0.29) is 12.4 Å². The van der Waals surface area contributed by atoms with Crippen LogP contribution in [0.25, 0.3) is 0 Å². The summed E-state index contributed by atoms with van der Waals surface area (Å²) in [5.74, 6) is -0.255. The van der Waals surface area contributed by atoms with Crippen molar-refractivity contribution >= 4 is 34.4 Å². The molecule has 0 spiro atoms. The molecule has 0 aliphatic carbocycles. The zero-order chi connectivity index (χ0) is 22.9. The maximum atomic E-state index is 12.1. The van der Waals surface area contributed by atoms with Gasteiger partial charge < -0.3 is 4.74 Å². The maximum absolute atomic E-state index is 12.1. The summed E-state index contributed by atoms with van der Waals surface area (Å²) in [6.45, 7) is 2.58. The lowest BCUT2D eigenvalue weighted by Gasteiger charge is -2.05. The molecular weight excluding hydrogens is 432 g/mol. The van der Waals surface area contributed by atoms with Gasteiger partial charge in [0.05, 0.1) is 6.42 Å². The van der Waals surface area contributed by atoms with Crippen molar-refractivity contribution in [1.82, 2.24) is 0 Å². The van der Waals surface area contributed by atoms with Crippen LogP contribution in [0.3, 0.4) is 0 Å². The van der Waals surface area contributed by atoms with E-state index < -0.39 is 0 Å². The predicted molar refractivity (Wildman–Crippen MR) is 142 cm³/mol. The Hall–Kier alpha value is -1.52. The van der Waals surface area contributed by atoms with E-state index in [1.54, 1.807) is 11.3 Å². The molecule has 0 unspecified atom stereocenters. The summed E-state index contributed by atoms with van der Waals surface area (Å²) in [5.41, 5.74) is 0.993. The van der Waals surface area contributed by atoms with E-state index in [9.17, 15) is 4.79 Å². The van der Waals surface area contributed by atoms with Crippen LogP contribution in [0, 0.1) is 0 Å². The van der Waals surface area contributed by atoms with Gasteiger partial charge in [-0.25, -0.2) is 0 Å². The number of hydrogen-bond acceptors (Lipinski definition) is 4. The van der Waals surface area contributed by atoms with E-state index in [0.717, 1.165) is 16.9 Å². The van der Waals surface area contributed by atoms with Crippen molar-refractivity contribution in [2.75, 3.05) is 0 Å². The number of esters is 1. The van der Waals surface area contributed by atoms with Gasteiger partial charge in [-0.1, -0.05) is 120 Å². The molecule has 176 valence electrons. The normalized spacial score (nSPS) is 10.9. The Morgan fingerprint density at radius 1 is 0.812 bits per heavy atom. The van der Waals surface area contributed by atoms with Gasteiger partial charge in [-0.3, -0.25) is 4.79 Å². The van der Waals surface area contributed by atoms with E-state index in [1.807, 2.05) is 30.3 Å². The summed E-state index contributed by atoms with van der Waals surface area (Å²) in [4.78, 5) is 15.2. The van der Waals surface area contributed by atoms with Crippen LogP contribution in [0.15, 0.2) is 42.5 Å². The summed E-state index contributed by atoms with van der Waals surface area (Å²) in [6.07, 6.45) is 17.8. The van der Waals surface area contributed by atoms with Crippen molar-refractivity contribution in [3.8, 4) is 0 Å². The van der Waals surface area contributed by atoms with E-state index in [1.165, 1.54) is 81.9 Å². The molecule has 32 heavy (non-hydrogen) atoms. The van der Waals surface area contributed by atoms with Crippen LogP contribution in [0.2, 0.25) is 0 Å². The van der Waals surface area contributed by atoms with E-state index in [0.29, 0.717) is 11.5 Å². The van der Waals surface area contributed by atoms with Gasteiger partial charge in [0.1, 0.15) is 6.61 Å². The van der Waals surface area contributed by atoms with Crippen LogP contribution in [-0.2, 0) is 22.6 Å². The Labute approximate surface area is 204 Å². The van der Waals surface area contributed by atoms with Crippen LogP contribution in [0.5, 0.6) is 0 Å². The van der Waals surface area contributed by atoms with Crippen molar-refractivity contribution in [3.63, 3.8) is 0 Å². The Balaban J connectivity index is 1.51. The van der Waals surface area contributed by atoms with E-state index in [4.69, 9.17) is 17.0 Å². The Bertz CT molecular complexity index is 767. The molecule has 0 saturated heterocycles. The highest BCUT2D eigenvalue weighted by Gasteiger charge is 2.12. The molecule has 4 heteroatoms. The Morgan fingerprint density at radius 2 is 1.41 bits per heavy atom. The predicted octanol–water partition coefficient (Wildman–Crippen LogP) is 8.84. The SMILES string of the molecule is CCCCCCCCCCCCCCc1ccc(C(=S)CC(=O)OCc2ccccc2)s1. The van der Waals surface area contributed by atoms with E-state index >= 15 is 0 Å². The molecule has 2 nitrogen and oxygen atoms in total. The van der Waals surface area contributed by atoms with Gasteiger partial charge >= 0.3 is 5.97 Å². The van der Waals surface area contributed by atoms with Crippen LogP contribution >= 0.6 is 23.6 Å². The first-order chi connectivity index (χ1) is 15.7. The number of thiophene rings is 1. The number of thiocarbonyl (C=S) groups is 1. The van der Waals surface area contributed by atoms with Crippen molar-refractivity contribution in [1.29, 1.82) is 0 Å². The fourth-order valence-corrected chi connectivity index (χ4v) is 5.11. The van der Waals surface area contributed by atoms with Crippen LogP contribution < -0.4 is 0 Å². The topological polar surface area (TPSA) is 26.3 Å². The molecule has 1 aromatic heterocycles. The molecular formula is C28H40O2S2. The second kappa shape index (κ2) is 17.0. The molecule has 0 fully saturated rings. The number of rotatable bonds is 18. The van der Waals surface area contributed by atoms with Crippen molar-refractivity contribution in [2.24, 2.45) is 0 Å². The lowest BCUT2D eigenvalue weighted by Crippen LogP contribution is -2.09. The van der Waals surface area contributed by atoms with Gasteiger partial charge in [-0.15, -0.1) is 11.3 Å². The average Bonchev–Trinajstić information content (AvgIpc) is 3.28. The van der Waals surface area contributed by atoms with Gasteiger partial charge in [0.15, 0.2) is 0 Å². The molecule has 0 bridgehead atoms. The summed E-state index contributed by atoms with van der Waals surface area (Å²) in [7, 11) is 0. The molecule has 0 aliphatic rings. The van der Waals surface area contributed by atoms with Gasteiger partial charge in [-0.05, 0) is 30.5 Å². The fraction of sp³-hybridized carbons (Fsp3) is 0.571. The van der Waals surface area contributed by atoms with Gasteiger partial charge in [0, 0.05) is 14.6 Å². The first-order valence-corrected chi connectivity index (χ1v) is 13.7. The summed E-state index contributed by atoms with van der Waals surface area (Å²) in [5, 5.41) is 0. The maximum Gasteiger partial charge on any atom is 0.311 e. The van der Waals surface area contributed by atoms with Crippen molar-refractivity contribution in [2.45, 2.75) is 103 Å². The number of carbonyl (C=O) groups excluding carboxylic acids is 1. The summed E-state index contributed by atoms with van der Waals surface area (Å²) in [6, 6.07) is 14.0. The summed E-state index contributed by atoms with van der Waals surface area (Å²) >= 11 is 7.22. The van der Waals surface area contributed by atoms with Crippen LogP contribution in [0.1, 0.15) is 106 Å². The van der Waals surface area contributed by atoms with Crippen LogP contribution in [-0.4, -0.2) is 10.8 Å². The lowest BCUT2D eigenvalue weighted by molar-refractivity contribution is -0.143. The minimum Gasteiger partial charge on any atom is -0.461 e. The van der Waals surface area contributed by atoms with Crippen LogP contribution in [0.4, 0.5) is 0 Å². The number of benzene rings is 1. The zero-order valence-corrected chi connectivity index (χ0v) is 21.4. The Morgan fingerprint density at radius 3 is 2.03 bits per heavy atom. The average molecular weight is 473 g/mol. The molecule has 2 rings (SSSR count). The summed E-state index contributed by atoms with van der Waals surface area (Å²) < 4.78 is 5.35. The third-order valence-corrected chi connectivity index (χ3v) is 7.46. The van der Waals surface area contributed by atoms with Gasteiger partial charge in [0.25, 0.3) is 0 Å². The number of ether oxygens (including phenoxy) is 1. The molecule has 0 N–H and O–H groups in total. The second-order valence-electron chi connectivity index (χ2n) is 8.65. The molecule has 0 saturated carbocycles. The minimum absolute atomic E-state index is 0.181. The standard InChI is InChI=1S/C28H40O2S2/c1-2-3-4-5-6-7-8-9-10-11-12-16-19-25-20-21-27(32-25)26(31)22-28(29)30-23-24-17-14-13-15-18-24/h13-15,17-18,20-21H,2-12,16,19,22-23H2,1H3. The molecule has 0 aliphatic heterocycles. The zero-order valence-electron chi connectivity index (χ0n) is 19.8. The lowest BCUT2D eigenvalue weighted by atomic mass is 10.0. The fourth-order valence-electron chi connectivity index (χ4n) is 3.81. The Kier molecular flexibility index (Phi) is 14.2. The molecule has 0 amide bonds.